The number of nitrogens with one attached hydrogen (secondary N) is 2. The molecule has 0 saturated heterocycles. The molecule has 2 N–H and O–H groups in total. The van der Waals surface area contributed by atoms with Crippen molar-refractivity contribution in [2.45, 2.75) is 23.8 Å². The lowest BCUT2D eigenvalue weighted by Crippen LogP contribution is -2.25. The second kappa shape index (κ2) is 6.34. The van der Waals surface area contributed by atoms with Crippen LogP contribution in [0.25, 0.3) is 0 Å². The standard InChI is InChI=1S/C17H15N3O3S/c18-11-12-2-1-3-15(10-12)20-24(22,23)16-8-4-13(5-9-16)17(21)19-14-6-7-14/h1-5,8-10,14,20H,6-7H2,(H,19,21). The second-order valence-corrected chi connectivity index (χ2v) is 7.25. The van der Waals surface area contributed by atoms with Crippen LogP contribution in [-0.2, 0) is 10.0 Å². The minimum absolute atomic E-state index is 0.0489. The fourth-order valence-electron chi connectivity index (χ4n) is 2.15. The predicted molar refractivity (Wildman–Crippen MR) is 88.9 cm³/mol. The van der Waals surface area contributed by atoms with Gasteiger partial charge in [0.25, 0.3) is 15.9 Å². The molecule has 24 heavy (non-hydrogen) atoms. The molecule has 1 saturated carbocycles. The zero-order valence-corrected chi connectivity index (χ0v) is 13.5. The number of sulfonamides is 1. The van der Waals surface area contributed by atoms with Gasteiger partial charge in [0.2, 0.25) is 0 Å². The van der Waals surface area contributed by atoms with E-state index in [0.717, 1.165) is 12.8 Å². The Hall–Kier alpha value is -2.85. The van der Waals surface area contributed by atoms with Crippen molar-refractivity contribution in [2.75, 3.05) is 4.72 Å². The quantitative estimate of drug-likeness (QED) is 0.871. The Balaban J connectivity index is 1.76. The van der Waals surface area contributed by atoms with E-state index in [1.165, 1.54) is 30.3 Å². The summed E-state index contributed by atoms with van der Waals surface area (Å²) in [4.78, 5) is 12.0. The van der Waals surface area contributed by atoms with Crippen molar-refractivity contribution < 1.29 is 13.2 Å². The van der Waals surface area contributed by atoms with E-state index in [0.29, 0.717) is 16.8 Å². The number of rotatable bonds is 5. The fourth-order valence-corrected chi connectivity index (χ4v) is 3.20. The number of benzene rings is 2. The average Bonchev–Trinajstić information content (AvgIpc) is 3.38. The Bertz CT molecular complexity index is 911. The number of amides is 1. The van der Waals surface area contributed by atoms with Gasteiger partial charge in [-0.3, -0.25) is 9.52 Å². The largest absolute Gasteiger partial charge is 0.349 e. The number of nitriles is 1. The van der Waals surface area contributed by atoms with Gasteiger partial charge in [-0.2, -0.15) is 5.26 Å². The summed E-state index contributed by atoms with van der Waals surface area (Å²) in [5, 5.41) is 11.7. The predicted octanol–water partition coefficient (Wildman–Crippen LogP) is 2.25. The van der Waals surface area contributed by atoms with E-state index in [4.69, 9.17) is 5.26 Å². The van der Waals surface area contributed by atoms with Crippen LogP contribution in [0.4, 0.5) is 5.69 Å². The van der Waals surface area contributed by atoms with Crippen LogP contribution < -0.4 is 10.0 Å². The van der Waals surface area contributed by atoms with Gasteiger partial charge in [0.05, 0.1) is 22.2 Å². The Morgan fingerprint density at radius 1 is 1.12 bits per heavy atom. The van der Waals surface area contributed by atoms with Crippen LogP contribution in [-0.4, -0.2) is 20.4 Å². The minimum Gasteiger partial charge on any atom is -0.349 e. The van der Waals surface area contributed by atoms with Crippen molar-refractivity contribution in [1.29, 1.82) is 5.26 Å². The first-order valence-corrected chi connectivity index (χ1v) is 8.90. The summed E-state index contributed by atoms with van der Waals surface area (Å²) >= 11 is 0. The maximum absolute atomic E-state index is 12.4. The number of anilines is 1. The molecule has 3 rings (SSSR count). The molecule has 1 aliphatic rings. The Kier molecular flexibility index (Phi) is 4.23. The van der Waals surface area contributed by atoms with E-state index in [1.54, 1.807) is 18.2 Å². The third kappa shape index (κ3) is 3.73. The van der Waals surface area contributed by atoms with Gasteiger partial charge < -0.3 is 5.32 Å². The van der Waals surface area contributed by atoms with Gasteiger partial charge >= 0.3 is 0 Å². The molecule has 7 heteroatoms. The van der Waals surface area contributed by atoms with Gasteiger partial charge in [0.15, 0.2) is 0 Å². The smallest absolute Gasteiger partial charge is 0.261 e. The first-order chi connectivity index (χ1) is 11.5. The molecule has 0 unspecified atom stereocenters. The molecule has 0 bridgehead atoms. The van der Waals surface area contributed by atoms with Gasteiger partial charge in [-0.1, -0.05) is 6.07 Å². The fraction of sp³-hybridized carbons (Fsp3) is 0.176. The highest BCUT2D eigenvalue weighted by Gasteiger charge is 2.24. The second-order valence-electron chi connectivity index (χ2n) is 5.57. The SMILES string of the molecule is N#Cc1cccc(NS(=O)(=O)c2ccc(C(=O)NC3CC3)cc2)c1. The molecule has 1 amide bonds. The normalized spacial score (nSPS) is 13.8. The molecule has 1 aliphatic carbocycles. The molecule has 6 nitrogen and oxygen atoms in total. The van der Waals surface area contributed by atoms with Gasteiger partial charge in [-0.25, -0.2) is 8.42 Å². The number of hydrogen-bond acceptors (Lipinski definition) is 4. The molecule has 0 spiro atoms. The van der Waals surface area contributed by atoms with Gasteiger partial charge in [0.1, 0.15) is 0 Å². The van der Waals surface area contributed by atoms with Crippen LogP contribution in [0.15, 0.2) is 53.4 Å². The van der Waals surface area contributed by atoms with E-state index in [-0.39, 0.29) is 16.8 Å². The summed E-state index contributed by atoms with van der Waals surface area (Å²) in [6, 6.07) is 14.1. The molecular formula is C17H15N3O3S. The number of carbonyl (C=O) groups excluding carboxylic acids is 1. The summed E-state index contributed by atoms with van der Waals surface area (Å²) in [5.41, 5.74) is 1.10. The van der Waals surface area contributed by atoms with Crippen LogP contribution in [0, 0.1) is 11.3 Å². The van der Waals surface area contributed by atoms with Crippen LogP contribution in [0.3, 0.4) is 0 Å². The highest BCUT2D eigenvalue weighted by molar-refractivity contribution is 7.92. The van der Waals surface area contributed by atoms with Crippen molar-refractivity contribution in [3.8, 4) is 6.07 Å². The Morgan fingerprint density at radius 3 is 2.46 bits per heavy atom. The summed E-state index contributed by atoms with van der Waals surface area (Å²) in [6.45, 7) is 0. The van der Waals surface area contributed by atoms with E-state index in [1.807, 2.05) is 6.07 Å². The molecule has 0 aromatic heterocycles. The summed E-state index contributed by atoms with van der Waals surface area (Å²) < 4.78 is 27.2. The van der Waals surface area contributed by atoms with Crippen LogP contribution in [0.1, 0.15) is 28.8 Å². The molecule has 0 radical (unpaired) electrons. The molecule has 0 heterocycles. The van der Waals surface area contributed by atoms with Crippen LogP contribution in [0.2, 0.25) is 0 Å². The van der Waals surface area contributed by atoms with Crippen molar-refractivity contribution in [3.05, 3.63) is 59.7 Å². The first-order valence-electron chi connectivity index (χ1n) is 7.42. The summed E-state index contributed by atoms with van der Waals surface area (Å²) in [7, 11) is -3.78. The molecule has 2 aromatic carbocycles. The third-order valence-corrected chi connectivity index (χ3v) is 4.98. The average molecular weight is 341 g/mol. The zero-order chi connectivity index (χ0) is 17.2. The minimum atomic E-state index is -3.78. The molecule has 122 valence electrons. The number of carbonyl (C=O) groups is 1. The zero-order valence-electron chi connectivity index (χ0n) is 12.7. The molecule has 0 atom stereocenters. The Morgan fingerprint density at radius 2 is 1.83 bits per heavy atom. The van der Waals surface area contributed by atoms with Gasteiger partial charge in [-0.15, -0.1) is 0 Å². The van der Waals surface area contributed by atoms with Crippen molar-refractivity contribution in [1.82, 2.24) is 5.32 Å². The third-order valence-electron chi connectivity index (χ3n) is 3.58. The van der Waals surface area contributed by atoms with E-state index in [2.05, 4.69) is 10.0 Å². The molecule has 1 fully saturated rings. The summed E-state index contributed by atoms with van der Waals surface area (Å²) in [5.74, 6) is -0.198. The number of hydrogen-bond donors (Lipinski definition) is 2. The van der Waals surface area contributed by atoms with E-state index in [9.17, 15) is 13.2 Å². The van der Waals surface area contributed by atoms with Gasteiger partial charge in [0, 0.05) is 11.6 Å². The topological polar surface area (TPSA) is 99.1 Å². The van der Waals surface area contributed by atoms with Crippen LogP contribution in [0.5, 0.6) is 0 Å². The van der Waals surface area contributed by atoms with Crippen LogP contribution >= 0.6 is 0 Å². The first kappa shape index (κ1) is 16.0. The van der Waals surface area contributed by atoms with Crippen molar-refractivity contribution in [3.63, 3.8) is 0 Å². The van der Waals surface area contributed by atoms with E-state index >= 15 is 0 Å². The lowest BCUT2D eigenvalue weighted by Gasteiger charge is -2.09. The lowest BCUT2D eigenvalue weighted by atomic mass is 10.2. The van der Waals surface area contributed by atoms with E-state index < -0.39 is 10.0 Å². The lowest BCUT2D eigenvalue weighted by molar-refractivity contribution is 0.0951. The summed E-state index contributed by atoms with van der Waals surface area (Å²) in [6.07, 6.45) is 1.98. The maximum Gasteiger partial charge on any atom is 0.261 e. The molecule has 2 aromatic rings. The monoisotopic (exact) mass is 341 g/mol. The van der Waals surface area contributed by atoms with Crippen molar-refractivity contribution >= 4 is 21.6 Å². The van der Waals surface area contributed by atoms with Gasteiger partial charge in [-0.05, 0) is 55.3 Å². The van der Waals surface area contributed by atoms with Crippen molar-refractivity contribution in [2.24, 2.45) is 0 Å². The highest BCUT2D eigenvalue weighted by atomic mass is 32.2. The number of nitrogens with zero attached hydrogens (tertiary/aromatic N) is 1. The maximum atomic E-state index is 12.4. The highest BCUT2D eigenvalue weighted by Crippen LogP contribution is 2.20. The Labute approximate surface area is 140 Å². The molecular weight excluding hydrogens is 326 g/mol. The molecule has 0 aliphatic heterocycles.